The van der Waals surface area contributed by atoms with Crippen molar-refractivity contribution in [3.05, 3.63) is 35.4 Å². The van der Waals surface area contributed by atoms with Crippen molar-refractivity contribution in [2.45, 2.75) is 33.9 Å². The predicted octanol–water partition coefficient (Wildman–Crippen LogP) is 2.90. The molecule has 114 valence electrons. The van der Waals surface area contributed by atoms with Gasteiger partial charge in [0.25, 0.3) is 0 Å². The summed E-state index contributed by atoms with van der Waals surface area (Å²) in [6, 6.07) is 8.87. The zero-order chi connectivity index (χ0) is 14.8. The summed E-state index contributed by atoms with van der Waals surface area (Å²) >= 11 is 0. The van der Waals surface area contributed by atoms with E-state index < -0.39 is 0 Å². The second-order valence-electron chi connectivity index (χ2n) is 5.71. The lowest BCUT2D eigenvalue weighted by molar-refractivity contribution is 0.147. The maximum atomic E-state index is 5.16. The second-order valence-corrected chi connectivity index (χ2v) is 5.71. The topological polar surface area (TPSA) is 24.5 Å². The molecule has 0 amide bonds. The zero-order valence-corrected chi connectivity index (χ0v) is 13.5. The van der Waals surface area contributed by atoms with Gasteiger partial charge in [-0.15, -0.1) is 0 Å². The van der Waals surface area contributed by atoms with Crippen molar-refractivity contribution in [2.75, 3.05) is 33.4 Å². The molecule has 20 heavy (non-hydrogen) atoms. The van der Waals surface area contributed by atoms with Crippen molar-refractivity contribution in [2.24, 2.45) is 5.92 Å². The molecule has 0 aromatic heterocycles. The van der Waals surface area contributed by atoms with Crippen LogP contribution < -0.4 is 5.32 Å². The minimum absolute atomic E-state index is 0.697. The van der Waals surface area contributed by atoms with E-state index in [1.807, 2.05) is 0 Å². The van der Waals surface area contributed by atoms with Crippen LogP contribution in [0.2, 0.25) is 0 Å². The lowest BCUT2D eigenvalue weighted by Crippen LogP contribution is -2.26. The number of hydrogen-bond acceptors (Lipinski definition) is 3. The molecule has 0 aliphatic carbocycles. The molecule has 0 spiro atoms. The van der Waals surface area contributed by atoms with E-state index in [0.29, 0.717) is 5.92 Å². The summed E-state index contributed by atoms with van der Waals surface area (Å²) in [4.78, 5) is 2.41. The number of nitrogens with zero attached hydrogens (tertiary/aromatic N) is 1. The van der Waals surface area contributed by atoms with Gasteiger partial charge in [0.2, 0.25) is 0 Å². The number of hydrogen-bond donors (Lipinski definition) is 1. The van der Waals surface area contributed by atoms with Gasteiger partial charge in [-0.3, -0.25) is 4.90 Å². The Bertz CT molecular complexity index is 366. The molecule has 0 aliphatic rings. The minimum atomic E-state index is 0.697. The van der Waals surface area contributed by atoms with E-state index in [0.717, 1.165) is 39.3 Å². The Morgan fingerprint density at radius 1 is 1.25 bits per heavy atom. The van der Waals surface area contributed by atoms with Gasteiger partial charge in [0.1, 0.15) is 0 Å². The Morgan fingerprint density at radius 2 is 2.00 bits per heavy atom. The number of ether oxygens (including phenoxy) is 1. The number of nitrogens with one attached hydrogen (secondary N) is 1. The molecule has 0 heterocycles. The molecule has 0 unspecified atom stereocenters. The van der Waals surface area contributed by atoms with E-state index in [4.69, 9.17) is 4.74 Å². The van der Waals surface area contributed by atoms with Crippen molar-refractivity contribution in [1.29, 1.82) is 0 Å². The first-order chi connectivity index (χ1) is 9.65. The number of likely N-dealkylation sites (N-methyl/N-ethyl adjacent to an activating group) is 1. The van der Waals surface area contributed by atoms with Gasteiger partial charge in [-0.05, 0) is 30.1 Å². The monoisotopic (exact) mass is 278 g/mol. The van der Waals surface area contributed by atoms with Gasteiger partial charge in [-0.1, -0.05) is 45.0 Å². The summed E-state index contributed by atoms with van der Waals surface area (Å²) in [7, 11) is 1.76. The van der Waals surface area contributed by atoms with E-state index in [9.17, 15) is 0 Å². The molecule has 0 radical (unpaired) electrons. The lowest BCUT2D eigenvalue weighted by atomic mass is 10.1. The third-order valence-corrected chi connectivity index (χ3v) is 3.34. The zero-order valence-electron chi connectivity index (χ0n) is 13.5. The van der Waals surface area contributed by atoms with Crippen LogP contribution in [0, 0.1) is 5.92 Å². The van der Waals surface area contributed by atoms with Crippen LogP contribution in [-0.4, -0.2) is 38.3 Å². The van der Waals surface area contributed by atoms with Crippen LogP contribution in [0.4, 0.5) is 0 Å². The average Bonchev–Trinajstić information content (AvgIpc) is 2.43. The van der Waals surface area contributed by atoms with E-state index in [-0.39, 0.29) is 0 Å². The van der Waals surface area contributed by atoms with E-state index >= 15 is 0 Å². The van der Waals surface area contributed by atoms with Crippen LogP contribution in [0.1, 0.15) is 31.9 Å². The Hall–Kier alpha value is -0.900. The molecule has 0 aliphatic heterocycles. The first kappa shape index (κ1) is 17.2. The highest BCUT2D eigenvalue weighted by atomic mass is 16.5. The van der Waals surface area contributed by atoms with E-state index in [1.165, 1.54) is 11.1 Å². The molecular weight excluding hydrogens is 248 g/mol. The van der Waals surface area contributed by atoms with Gasteiger partial charge in [-0.2, -0.15) is 0 Å². The highest BCUT2D eigenvalue weighted by Gasteiger charge is 2.04. The molecule has 0 saturated heterocycles. The van der Waals surface area contributed by atoms with Crippen molar-refractivity contribution >= 4 is 0 Å². The van der Waals surface area contributed by atoms with Gasteiger partial charge >= 0.3 is 0 Å². The van der Waals surface area contributed by atoms with Gasteiger partial charge in [0, 0.05) is 26.7 Å². The fraction of sp³-hybridized carbons (Fsp3) is 0.647. The molecule has 0 bridgehead atoms. The number of methoxy groups -OCH3 is 1. The van der Waals surface area contributed by atoms with Gasteiger partial charge in [-0.25, -0.2) is 0 Å². The summed E-state index contributed by atoms with van der Waals surface area (Å²) in [6.45, 7) is 12.5. The van der Waals surface area contributed by atoms with E-state index in [1.54, 1.807) is 7.11 Å². The van der Waals surface area contributed by atoms with Gasteiger partial charge in [0.05, 0.1) is 6.61 Å². The van der Waals surface area contributed by atoms with Crippen molar-refractivity contribution in [3.8, 4) is 0 Å². The van der Waals surface area contributed by atoms with Crippen molar-refractivity contribution < 1.29 is 4.74 Å². The third-order valence-electron chi connectivity index (χ3n) is 3.34. The fourth-order valence-electron chi connectivity index (χ4n) is 2.17. The Morgan fingerprint density at radius 3 is 2.65 bits per heavy atom. The largest absolute Gasteiger partial charge is 0.383 e. The van der Waals surface area contributed by atoms with Crippen molar-refractivity contribution in [1.82, 2.24) is 10.2 Å². The summed E-state index contributed by atoms with van der Waals surface area (Å²) in [5, 5.41) is 3.50. The molecule has 1 N–H and O–H groups in total. The summed E-state index contributed by atoms with van der Waals surface area (Å²) < 4.78 is 5.16. The molecule has 3 nitrogen and oxygen atoms in total. The SMILES string of the molecule is CCN(CCOC)Cc1cccc(CNCC(C)C)c1. The lowest BCUT2D eigenvalue weighted by Gasteiger charge is -2.20. The maximum Gasteiger partial charge on any atom is 0.0589 e. The summed E-state index contributed by atoms with van der Waals surface area (Å²) in [5.74, 6) is 0.697. The van der Waals surface area contributed by atoms with Crippen molar-refractivity contribution in [3.63, 3.8) is 0 Å². The first-order valence-electron chi connectivity index (χ1n) is 7.65. The maximum absolute atomic E-state index is 5.16. The molecule has 3 heteroatoms. The van der Waals surface area contributed by atoms with Crippen LogP contribution >= 0.6 is 0 Å². The van der Waals surface area contributed by atoms with Crippen LogP contribution in [0.25, 0.3) is 0 Å². The van der Waals surface area contributed by atoms with Gasteiger partial charge in [0.15, 0.2) is 0 Å². The Labute approximate surface area is 124 Å². The quantitative estimate of drug-likeness (QED) is 0.712. The molecule has 0 saturated carbocycles. The Balaban J connectivity index is 2.49. The van der Waals surface area contributed by atoms with Crippen LogP contribution in [0.5, 0.6) is 0 Å². The third kappa shape index (κ3) is 7.04. The molecule has 1 aromatic rings. The first-order valence-corrected chi connectivity index (χ1v) is 7.65. The standard InChI is InChI=1S/C17H30N2O/c1-5-19(9-10-20-4)14-17-8-6-7-16(11-17)13-18-12-15(2)3/h6-8,11,15,18H,5,9-10,12-14H2,1-4H3. The Kier molecular flexibility index (Phi) is 8.51. The summed E-state index contributed by atoms with van der Waals surface area (Å²) in [5.41, 5.74) is 2.75. The smallest absolute Gasteiger partial charge is 0.0589 e. The highest BCUT2D eigenvalue weighted by Crippen LogP contribution is 2.08. The average molecular weight is 278 g/mol. The number of benzene rings is 1. The number of rotatable bonds is 10. The van der Waals surface area contributed by atoms with Crippen LogP contribution in [0.3, 0.4) is 0 Å². The molecule has 1 aromatic carbocycles. The summed E-state index contributed by atoms with van der Waals surface area (Å²) in [6.07, 6.45) is 0. The predicted molar refractivity (Wildman–Crippen MR) is 85.8 cm³/mol. The van der Waals surface area contributed by atoms with Crippen LogP contribution in [0.15, 0.2) is 24.3 Å². The molecular formula is C17H30N2O. The highest BCUT2D eigenvalue weighted by molar-refractivity contribution is 5.23. The molecule has 0 fully saturated rings. The van der Waals surface area contributed by atoms with Gasteiger partial charge < -0.3 is 10.1 Å². The molecule has 1 rings (SSSR count). The van der Waals surface area contributed by atoms with E-state index in [2.05, 4.69) is 55.3 Å². The minimum Gasteiger partial charge on any atom is -0.383 e. The van der Waals surface area contributed by atoms with Crippen LogP contribution in [-0.2, 0) is 17.8 Å². The molecule has 0 atom stereocenters. The fourth-order valence-corrected chi connectivity index (χ4v) is 2.17. The normalized spacial score (nSPS) is 11.5. The second kappa shape index (κ2) is 9.92.